The van der Waals surface area contributed by atoms with E-state index in [9.17, 15) is 0 Å². The number of halogens is 1. The minimum Gasteiger partial charge on any atom is -1.00 e. The topological polar surface area (TPSA) is 0 Å². The lowest BCUT2D eigenvalue weighted by molar-refractivity contribution is -0.941. The molecule has 0 radical (unpaired) electrons. The Bertz CT molecular complexity index is 548. The Morgan fingerprint density at radius 3 is 1.08 bits per heavy atom. The molecule has 218 valence electrons. The summed E-state index contributed by atoms with van der Waals surface area (Å²) >= 11 is 0. The third-order valence-corrected chi connectivity index (χ3v) is 8.32. The van der Waals surface area contributed by atoms with Gasteiger partial charge in [0.2, 0.25) is 0 Å². The fourth-order valence-electron chi connectivity index (χ4n) is 5.93. The fourth-order valence-corrected chi connectivity index (χ4v) is 5.93. The van der Waals surface area contributed by atoms with Crippen molar-refractivity contribution >= 4 is 0 Å². The number of hydrogen-bond donors (Lipinski definition) is 0. The van der Waals surface area contributed by atoms with Crippen LogP contribution in [-0.2, 0) is 6.54 Å². The smallest absolute Gasteiger partial charge is 0.104 e. The molecular weight excluding hydrogens is 470 g/mol. The van der Waals surface area contributed by atoms with Gasteiger partial charge in [0.1, 0.15) is 6.54 Å². The minimum absolute atomic E-state index is 0. The van der Waals surface area contributed by atoms with Crippen LogP contribution in [0.4, 0.5) is 0 Å². The molecule has 0 saturated heterocycles. The molecule has 1 aromatic carbocycles. The van der Waals surface area contributed by atoms with Gasteiger partial charge in [0.15, 0.2) is 0 Å². The quantitative estimate of drug-likeness (QED) is 0.0780. The fraction of sp³-hybridized carbons (Fsp3) is 0.829. The lowest BCUT2D eigenvalue weighted by Gasteiger charge is -2.39. The molecule has 1 rings (SSSR count). The van der Waals surface area contributed by atoms with Crippen LogP contribution in [-0.4, -0.2) is 24.1 Å². The van der Waals surface area contributed by atoms with E-state index in [0.717, 1.165) is 0 Å². The molecule has 0 amide bonds. The van der Waals surface area contributed by atoms with Crippen molar-refractivity contribution in [1.29, 1.82) is 0 Å². The average molecular weight is 536 g/mol. The van der Waals surface area contributed by atoms with Gasteiger partial charge in [0.25, 0.3) is 0 Å². The van der Waals surface area contributed by atoms with Crippen molar-refractivity contribution in [2.75, 3.05) is 19.6 Å². The second kappa shape index (κ2) is 27.1. The third-order valence-electron chi connectivity index (χ3n) is 8.32. The number of quaternary nitrogens is 1. The zero-order chi connectivity index (χ0) is 26.0. The number of benzene rings is 1. The molecule has 0 aromatic heterocycles. The normalized spacial score (nSPS) is 11.5. The summed E-state index contributed by atoms with van der Waals surface area (Å²) in [6.45, 7) is 12.4. The molecule has 0 aliphatic heterocycles. The molecule has 0 aliphatic carbocycles. The van der Waals surface area contributed by atoms with Gasteiger partial charge >= 0.3 is 0 Å². The van der Waals surface area contributed by atoms with Crippen molar-refractivity contribution < 1.29 is 16.9 Å². The molecule has 1 nitrogen and oxygen atoms in total. The lowest BCUT2D eigenvalue weighted by Crippen LogP contribution is -3.00. The van der Waals surface area contributed by atoms with Gasteiger partial charge in [-0.05, 0) is 38.5 Å². The van der Waals surface area contributed by atoms with Crippen LogP contribution in [0.2, 0.25) is 0 Å². The Balaban J connectivity index is 0.0000130. The SMILES string of the molecule is CCCCCCCCCCCCCCCCCC[N+](CCCCC)(CCCCC)Cc1ccccc1.[Cl-]. The maximum atomic E-state index is 2.36. The zero-order valence-corrected chi connectivity index (χ0v) is 26.4. The van der Waals surface area contributed by atoms with Gasteiger partial charge in [0.05, 0.1) is 19.6 Å². The Labute approximate surface area is 240 Å². The van der Waals surface area contributed by atoms with E-state index in [-0.39, 0.29) is 12.4 Å². The van der Waals surface area contributed by atoms with Gasteiger partial charge < -0.3 is 16.9 Å². The van der Waals surface area contributed by atoms with Crippen LogP contribution in [0.25, 0.3) is 0 Å². The van der Waals surface area contributed by atoms with E-state index in [1.165, 1.54) is 172 Å². The summed E-state index contributed by atoms with van der Waals surface area (Å²) in [5, 5.41) is 0. The number of unbranched alkanes of at least 4 members (excludes halogenated alkanes) is 19. The average Bonchev–Trinajstić information content (AvgIpc) is 2.89. The molecule has 1 aromatic rings. The first-order chi connectivity index (χ1) is 17.8. The van der Waals surface area contributed by atoms with Crippen LogP contribution in [0.15, 0.2) is 30.3 Å². The first-order valence-electron chi connectivity index (χ1n) is 16.7. The van der Waals surface area contributed by atoms with E-state index in [1.807, 2.05) is 0 Å². The van der Waals surface area contributed by atoms with Gasteiger partial charge in [-0.3, -0.25) is 0 Å². The second-order valence-corrected chi connectivity index (χ2v) is 11.9. The molecular formula is C35H66ClN. The zero-order valence-electron chi connectivity index (χ0n) is 25.6. The molecule has 0 unspecified atom stereocenters. The Kier molecular flexibility index (Phi) is 26.7. The molecule has 0 N–H and O–H groups in total. The Morgan fingerprint density at radius 2 is 0.703 bits per heavy atom. The molecule has 0 spiro atoms. The highest BCUT2D eigenvalue weighted by Crippen LogP contribution is 2.22. The summed E-state index contributed by atoms with van der Waals surface area (Å²) in [5.41, 5.74) is 1.54. The van der Waals surface area contributed by atoms with Crippen LogP contribution < -0.4 is 12.4 Å². The van der Waals surface area contributed by atoms with E-state index in [2.05, 4.69) is 51.1 Å². The molecule has 0 aliphatic rings. The maximum absolute atomic E-state index is 2.36. The monoisotopic (exact) mass is 535 g/mol. The third kappa shape index (κ3) is 21.0. The minimum atomic E-state index is 0. The van der Waals surface area contributed by atoms with E-state index >= 15 is 0 Å². The molecule has 0 fully saturated rings. The van der Waals surface area contributed by atoms with Gasteiger partial charge in [0, 0.05) is 5.56 Å². The van der Waals surface area contributed by atoms with Crippen LogP contribution in [0.3, 0.4) is 0 Å². The summed E-state index contributed by atoms with van der Waals surface area (Å²) in [7, 11) is 0. The van der Waals surface area contributed by atoms with Crippen LogP contribution in [0.5, 0.6) is 0 Å². The van der Waals surface area contributed by atoms with E-state index in [1.54, 1.807) is 5.56 Å². The summed E-state index contributed by atoms with van der Waals surface area (Å²) in [5.74, 6) is 0. The van der Waals surface area contributed by atoms with Gasteiger partial charge in [-0.25, -0.2) is 0 Å². The van der Waals surface area contributed by atoms with E-state index in [4.69, 9.17) is 0 Å². The highest BCUT2D eigenvalue weighted by atomic mass is 35.5. The van der Waals surface area contributed by atoms with E-state index < -0.39 is 0 Å². The largest absolute Gasteiger partial charge is 1.00 e. The predicted molar refractivity (Wildman–Crippen MR) is 164 cm³/mol. The maximum Gasteiger partial charge on any atom is 0.104 e. The van der Waals surface area contributed by atoms with Crippen molar-refractivity contribution in [2.45, 2.75) is 169 Å². The number of hydrogen-bond acceptors (Lipinski definition) is 0. The molecule has 2 heteroatoms. The Morgan fingerprint density at radius 1 is 0.405 bits per heavy atom. The second-order valence-electron chi connectivity index (χ2n) is 11.9. The summed E-state index contributed by atoms with van der Waals surface area (Å²) in [6, 6.07) is 11.4. The highest BCUT2D eigenvalue weighted by molar-refractivity contribution is 5.13. The van der Waals surface area contributed by atoms with E-state index in [0.29, 0.717) is 0 Å². The molecule has 37 heavy (non-hydrogen) atoms. The predicted octanol–water partition coefficient (Wildman–Crippen LogP) is 8.65. The van der Waals surface area contributed by atoms with Crippen molar-refractivity contribution in [2.24, 2.45) is 0 Å². The first kappa shape index (κ1) is 36.5. The number of nitrogens with zero attached hydrogens (tertiary/aromatic N) is 1. The highest BCUT2D eigenvalue weighted by Gasteiger charge is 2.26. The number of rotatable bonds is 27. The molecule has 0 bridgehead atoms. The van der Waals surface area contributed by atoms with Gasteiger partial charge in [-0.1, -0.05) is 154 Å². The molecule has 0 heterocycles. The van der Waals surface area contributed by atoms with Crippen molar-refractivity contribution in [3.63, 3.8) is 0 Å². The van der Waals surface area contributed by atoms with Gasteiger partial charge in [-0.15, -0.1) is 0 Å². The first-order valence-corrected chi connectivity index (χ1v) is 16.7. The standard InChI is InChI=1S/C35H66N.ClH/c1-4-7-10-11-12-13-14-15-16-17-18-19-20-21-22-28-33-36(31-26-8-5-2,32-27-9-6-3)34-35-29-24-23-25-30-35;/h23-25,29-30H,4-22,26-28,31-34H2,1-3H3;1H/q+1;/p-1. The van der Waals surface area contributed by atoms with Crippen molar-refractivity contribution in [1.82, 2.24) is 0 Å². The molecule has 0 saturated carbocycles. The van der Waals surface area contributed by atoms with Gasteiger partial charge in [-0.2, -0.15) is 0 Å². The van der Waals surface area contributed by atoms with Crippen LogP contribution in [0, 0.1) is 0 Å². The lowest BCUT2D eigenvalue weighted by atomic mass is 10.0. The van der Waals surface area contributed by atoms with Crippen molar-refractivity contribution in [3.05, 3.63) is 35.9 Å². The van der Waals surface area contributed by atoms with Crippen LogP contribution in [0.1, 0.15) is 168 Å². The molecule has 0 atom stereocenters. The summed E-state index contributed by atoms with van der Waals surface area (Å²) in [6.07, 6.45) is 31.5. The van der Waals surface area contributed by atoms with Crippen LogP contribution >= 0.6 is 0 Å². The summed E-state index contributed by atoms with van der Waals surface area (Å²) < 4.78 is 1.34. The summed E-state index contributed by atoms with van der Waals surface area (Å²) in [4.78, 5) is 0. The van der Waals surface area contributed by atoms with Crippen molar-refractivity contribution in [3.8, 4) is 0 Å². The Hall–Kier alpha value is -0.530.